The van der Waals surface area contributed by atoms with Crippen molar-refractivity contribution < 1.29 is 9.59 Å². The van der Waals surface area contributed by atoms with E-state index in [1.807, 2.05) is 4.90 Å². The van der Waals surface area contributed by atoms with Crippen molar-refractivity contribution in [2.75, 3.05) is 26.2 Å². The lowest BCUT2D eigenvalue weighted by Gasteiger charge is -2.36. The zero-order chi connectivity index (χ0) is 19.0. The second-order valence-electron chi connectivity index (χ2n) is 8.72. The number of benzene rings is 1. The summed E-state index contributed by atoms with van der Waals surface area (Å²) >= 11 is 0. The van der Waals surface area contributed by atoms with Crippen molar-refractivity contribution in [2.45, 2.75) is 51.6 Å². The molecule has 4 rings (SSSR count). The fourth-order valence-corrected chi connectivity index (χ4v) is 5.18. The molecule has 1 aromatic rings. The highest BCUT2D eigenvalue weighted by Gasteiger charge is 2.48. The van der Waals surface area contributed by atoms with E-state index < -0.39 is 0 Å². The van der Waals surface area contributed by atoms with Crippen LogP contribution in [0.1, 0.15) is 37.8 Å². The highest BCUT2D eigenvalue weighted by atomic mass is 16.2. The second-order valence-corrected chi connectivity index (χ2v) is 8.72. The third-order valence-corrected chi connectivity index (χ3v) is 6.45. The molecule has 146 valence electrons. The molecule has 1 aromatic carbocycles. The van der Waals surface area contributed by atoms with Crippen molar-refractivity contribution in [2.24, 2.45) is 11.8 Å². The smallest absolute Gasteiger partial charge is 0.237 e. The van der Waals surface area contributed by atoms with Crippen LogP contribution in [0.5, 0.6) is 0 Å². The maximum absolute atomic E-state index is 13.5. The van der Waals surface area contributed by atoms with E-state index in [1.54, 1.807) is 0 Å². The highest BCUT2D eigenvalue weighted by Crippen LogP contribution is 2.36. The maximum atomic E-state index is 13.5. The van der Waals surface area contributed by atoms with E-state index in [-0.39, 0.29) is 29.8 Å². The first-order valence-electron chi connectivity index (χ1n) is 10.4. The van der Waals surface area contributed by atoms with E-state index in [4.69, 9.17) is 0 Å². The van der Waals surface area contributed by atoms with E-state index in [1.165, 1.54) is 11.1 Å². The molecule has 0 aliphatic carbocycles. The predicted molar refractivity (Wildman–Crippen MR) is 105 cm³/mol. The van der Waals surface area contributed by atoms with Crippen LogP contribution >= 0.6 is 0 Å². The van der Waals surface area contributed by atoms with Crippen LogP contribution in [0.4, 0.5) is 0 Å². The molecule has 0 unspecified atom stereocenters. The summed E-state index contributed by atoms with van der Waals surface area (Å²) in [5, 5.41) is 3.22. The summed E-state index contributed by atoms with van der Waals surface area (Å²) in [5.41, 5.74) is 2.74. The number of nitrogens with zero attached hydrogens (tertiary/aromatic N) is 2. The first-order chi connectivity index (χ1) is 13.0. The van der Waals surface area contributed by atoms with Crippen molar-refractivity contribution in [3.8, 4) is 0 Å². The molecule has 0 saturated carbocycles. The molecule has 5 heteroatoms. The van der Waals surface area contributed by atoms with Crippen LogP contribution in [0.15, 0.2) is 24.3 Å². The van der Waals surface area contributed by atoms with Gasteiger partial charge in [-0.15, -0.1) is 0 Å². The summed E-state index contributed by atoms with van der Waals surface area (Å²) in [6.45, 7) is 7.17. The second kappa shape index (κ2) is 7.63. The van der Waals surface area contributed by atoms with Gasteiger partial charge in [-0.1, -0.05) is 38.1 Å². The Kier molecular flexibility index (Phi) is 5.22. The van der Waals surface area contributed by atoms with Gasteiger partial charge in [0.25, 0.3) is 0 Å². The zero-order valence-electron chi connectivity index (χ0n) is 16.5. The van der Waals surface area contributed by atoms with Crippen LogP contribution in [0, 0.1) is 11.8 Å². The van der Waals surface area contributed by atoms with Crippen LogP contribution < -0.4 is 5.32 Å². The average molecular weight is 370 g/mol. The Bertz CT molecular complexity index is 690. The van der Waals surface area contributed by atoms with Crippen LogP contribution in [-0.2, 0) is 22.4 Å². The van der Waals surface area contributed by atoms with E-state index in [0.717, 1.165) is 45.3 Å². The van der Waals surface area contributed by atoms with Gasteiger partial charge < -0.3 is 15.1 Å². The first kappa shape index (κ1) is 18.5. The van der Waals surface area contributed by atoms with Crippen molar-refractivity contribution in [3.63, 3.8) is 0 Å². The molecule has 0 bridgehead atoms. The molecule has 3 atom stereocenters. The number of carbonyl (C=O) groups is 2. The van der Waals surface area contributed by atoms with Gasteiger partial charge in [0.05, 0.1) is 12.5 Å². The SMILES string of the molecule is CC(C)C[C@@H]1[C@H](C(=O)N2CCc3ccccc3CC2)C[C@@H]2CNCC(=O)N21. The van der Waals surface area contributed by atoms with E-state index in [9.17, 15) is 9.59 Å². The van der Waals surface area contributed by atoms with Gasteiger partial charge in [-0.3, -0.25) is 9.59 Å². The van der Waals surface area contributed by atoms with E-state index in [2.05, 4.69) is 48.3 Å². The largest absolute Gasteiger partial charge is 0.342 e. The summed E-state index contributed by atoms with van der Waals surface area (Å²) < 4.78 is 0. The Labute approximate surface area is 162 Å². The molecule has 3 heterocycles. The van der Waals surface area contributed by atoms with Gasteiger partial charge in [0.2, 0.25) is 11.8 Å². The molecular formula is C22H31N3O2. The number of carbonyl (C=O) groups excluding carboxylic acids is 2. The fourth-order valence-electron chi connectivity index (χ4n) is 5.18. The molecule has 1 N–H and O–H groups in total. The van der Waals surface area contributed by atoms with Gasteiger partial charge in [-0.25, -0.2) is 0 Å². The van der Waals surface area contributed by atoms with Gasteiger partial charge in [0.1, 0.15) is 0 Å². The van der Waals surface area contributed by atoms with Crippen LogP contribution in [-0.4, -0.2) is 59.9 Å². The fraction of sp³-hybridized carbons (Fsp3) is 0.636. The number of hydrogen-bond donors (Lipinski definition) is 1. The van der Waals surface area contributed by atoms with Gasteiger partial charge in [-0.2, -0.15) is 0 Å². The minimum atomic E-state index is -0.0533. The average Bonchev–Trinajstić information content (AvgIpc) is 2.87. The lowest BCUT2D eigenvalue weighted by molar-refractivity contribution is -0.139. The highest BCUT2D eigenvalue weighted by molar-refractivity contribution is 5.85. The third-order valence-electron chi connectivity index (χ3n) is 6.45. The molecule has 2 saturated heterocycles. The minimum Gasteiger partial charge on any atom is -0.342 e. The molecule has 5 nitrogen and oxygen atoms in total. The van der Waals surface area contributed by atoms with Gasteiger partial charge in [0, 0.05) is 31.7 Å². The summed E-state index contributed by atoms with van der Waals surface area (Å²) in [6.07, 6.45) is 3.57. The third kappa shape index (κ3) is 3.62. The molecule has 0 aromatic heterocycles. The van der Waals surface area contributed by atoms with Crippen LogP contribution in [0.3, 0.4) is 0 Å². The monoisotopic (exact) mass is 369 g/mol. The molecule has 0 radical (unpaired) electrons. The van der Waals surface area contributed by atoms with Crippen LogP contribution in [0.2, 0.25) is 0 Å². The number of piperazine rings is 1. The number of rotatable bonds is 3. The lowest BCUT2D eigenvalue weighted by Crippen LogP contribution is -2.55. The lowest BCUT2D eigenvalue weighted by atomic mass is 9.90. The zero-order valence-corrected chi connectivity index (χ0v) is 16.5. The first-order valence-corrected chi connectivity index (χ1v) is 10.4. The Morgan fingerprint density at radius 1 is 1.19 bits per heavy atom. The number of amides is 2. The molecular weight excluding hydrogens is 338 g/mol. The van der Waals surface area contributed by atoms with Gasteiger partial charge >= 0.3 is 0 Å². The topological polar surface area (TPSA) is 52.7 Å². The van der Waals surface area contributed by atoms with Crippen molar-refractivity contribution in [1.29, 1.82) is 0 Å². The van der Waals surface area contributed by atoms with Crippen molar-refractivity contribution in [1.82, 2.24) is 15.1 Å². The van der Waals surface area contributed by atoms with Gasteiger partial charge in [0.15, 0.2) is 0 Å². The molecule has 3 aliphatic heterocycles. The Hall–Kier alpha value is -1.88. The standard InChI is InChI=1S/C22H31N3O2/c1-15(2)11-20-19(12-18-13-23-14-21(26)25(18)20)22(27)24-9-7-16-5-3-4-6-17(16)8-10-24/h3-6,15,18-20,23H,7-14H2,1-2H3/t18-,19-,20-/m1/s1. The van der Waals surface area contributed by atoms with Crippen molar-refractivity contribution in [3.05, 3.63) is 35.4 Å². The van der Waals surface area contributed by atoms with E-state index in [0.29, 0.717) is 12.5 Å². The minimum absolute atomic E-state index is 0.0533. The normalized spacial score (nSPS) is 28.1. The summed E-state index contributed by atoms with van der Waals surface area (Å²) in [7, 11) is 0. The predicted octanol–water partition coefficient (Wildman–Crippen LogP) is 1.85. The molecule has 0 spiro atoms. The molecule has 3 aliphatic rings. The molecule has 2 amide bonds. The Morgan fingerprint density at radius 3 is 2.48 bits per heavy atom. The Balaban J connectivity index is 1.52. The Morgan fingerprint density at radius 2 is 1.85 bits per heavy atom. The van der Waals surface area contributed by atoms with E-state index >= 15 is 0 Å². The summed E-state index contributed by atoms with van der Waals surface area (Å²) in [4.78, 5) is 30.2. The van der Waals surface area contributed by atoms with Crippen molar-refractivity contribution >= 4 is 11.8 Å². The van der Waals surface area contributed by atoms with Gasteiger partial charge in [-0.05, 0) is 42.7 Å². The number of hydrogen-bond acceptors (Lipinski definition) is 3. The maximum Gasteiger partial charge on any atom is 0.237 e. The number of nitrogens with one attached hydrogen (secondary N) is 1. The quantitative estimate of drug-likeness (QED) is 0.885. The molecule has 27 heavy (non-hydrogen) atoms. The summed E-state index contributed by atoms with van der Waals surface area (Å²) in [5.74, 6) is 0.841. The summed E-state index contributed by atoms with van der Waals surface area (Å²) in [6, 6.07) is 8.78. The van der Waals surface area contributed by atoms with Crippen LogP contribution in [0.25, 0.3) is 0 Å². The molecule has 2 fully saturated rings. The number of fused-ring (bicyclic) bond motifs is 2.